The minimum atomic E-state index is -1.11. The number of hydrogen-bond donors (Lipinski definition) is 1. The Kier molecular flexibility index (Phi) is 7.18. The molecule has 0 saturated heterocycles. The van der Waals surface area contributed by atoms with E-state index in [2.05, 4.69) is 0 Å². The number of aliphatic hydroxyl groups excluding tert-OH is 1. The molecule has 0 unspecified atom stereocenters. The molecule has 2 atom stereocenters. The van der Waals surface area contributed by atoms with Crippen molar-refractivity contribution in [2.45, 2.75) is 39.6 Å². The molecule has 0 heterocycles. The maximum Gasteiger partial charge on any atom is 0.338 e. The summed E-state index contributed by atoms with van der Waals surface area (Å²) in [7, 11) is 1.28. The van der Waals surface area contributed by atoms with Crippen LogP contribution in [0.5, 0.6) is 5.75 Å². The van der Waals surface area contributed by atoms with Crippen LogP contribution in [-0.2, 0) is 20.9 Å². The lowest BCUT2D eigenvalue weighted by Crippen LogP contribution is -2.33. The number of hydrogen-bond acceptors (Lipinski definition) is 5. The minimum Gasteiger partial charge on any atom is -0.489 e. The molecular formula is C21H26O5. The second-order valence-corrected chi connectivity index (χ2v) is 6.09. The minimum absolute atomic E-state index is 0.299. The molecule has 1 N–H and O–H groups in total. The van der Waals surface area contributed by atoms with E-state index in [-0.39, 0.29) is 0 Å². The van der Waals surface area contributed by atoms with E-state index in [1.54, 1.807) is 6.92 Å². The number of aliphatic hydroxyl groups is 1. The second kappa shape index (κ2) is 9.36. The quantitative estimate of drug-likeness (QED) is 0.732. The van der Waals surface area contributed by atoms with Crippen LogP contribution in [0, 0.1) is 13.8 Å². The van der Waals surface area contributed by atoms with E-state index in [4.69, 9.17) is 14.2 Å². The van der Waals surface area contributed by atoms with Gasteiger partial charge < -0.3 is 19.3 Å². The molecule has 0 fully saturated rings. The first-order valence-corrected chi connectivity index (χ1v) is 8.63. The molecule has 140 valence electrons. The summed E-state index contributed by atoms with van der Waals surface area (Å²) in [4.78, 5) is 11.9. The fraction of sp³-hybridized carbons (Fsp3) is 0.381. The zero-order chi connectivity index (χ0) is 19.1. The van der Waals surface area contributed by atoms with Crippen molar-refractivity contribution in [1.29, 1.82) is 0 Å². The first-order chi connectivity index (χ1) is 12.5. The van der Waals surface area contributed by atoms with Gasteiger partial charge in [-0.15, -0.1) is 0 Å². The van der Waals surface area contributed by atoms with Gasteiger partial charge in [0, 0.05) is 6.61 Å². The Morgan fingerprint density at radius 1 is 1.12 bits per heavy atom. The number of esters is 1. The molecule has 5 nitrogen and oxygen atoms in total. The van der Waals surface area contributed by atoms with E-state index in [9.17, 15) is 9.90 Å². The third-order valence-corrected chi connectivity index (χ3v) is 4.18. The lowest BCUT2D eigenvalue weighted by Gasteiger charge is -2.24. The Morgan fingerprint density at radius 3 is 2.27 bits per heavy atom. The van der Waals surface area contributed by atoms with Crippen molar-refractivity contribution in [3.05, 3.63) is 64.7 Å². The zero-order valence-corrected chi connectivity index (χ0v) is 15.7. The maximum absolute atomic E-state index is 11.9. The number of benzene rings is 2. The van der Waals surface area contributed by atoms with Gasteiger partial charge in [-0.3, -0.25) is 0 Å². The van der Waals surface area contributed by atoms with Crippen molar-refractivity contribution in [2.75, 3.05) is 13.7 Å². The molecular weight excluding hydrogens is 332 g/mol. The number of ether oxygens (including phenoxy) is 3. The molecule has 0 aliphatic carbocycles. The molecule has 0 bridgehead atoms. The van der Waals surface area contributed by atoms with Crippen LogP contribution in [0.2, 0.25) is 0 Å². The summed E-state index contributed by atoms with van der Waals surface area (Å²) in [5, 5.41) is 10.7. The number of carbonyl (C=O) groups is 1. The highest BCUT2D eigenvalue weighted by atomic mass is 16.6. The fourth-order valence-electron chi connectivity index (χ4n) is 2.96. The van der Waals surface area contributed by atoms with Crippen LogP contribution in [-0.4, -0.2) is 30.9 Å². The predicted octanol–water partition coefficient (Wildman–Crippen LogP) is 3.49. The third kappa shape index (κ3) is 4.84. The molecule has 0 spiro atoms. The molecule has 0 saturated carbocycles. The average Bonchev–Trinajstić information content (AvgIpc) is 2.64. The molecule has 0 aromatic heterocycles. The van der Waals surface area contributed by atoms with Crippen LogP contribution in [0.1, 0.15) is 35.3 Å². The van der Waals surface area contributed by atoms with Crippen molar-refractivity contribution >= 4 is 5.97 Å². The van der Waals surface area contributed by atoms with Crippen molar-refractivity contribution in [3.8, 4) is 5.75 Å². The number of carbonyl (C=O) groups excluding carboxylic acids is 1. The van der Waals surface area contributed by atoms with Crippen LogP contribution < -0.4 is 4.74 Å². The summed E-state index contributed by atoms with van der Waals surface area (Å²) in [6, 6.07) is 13.6. The summed E-state index contributed by atoms with van der Waals surface area (Å²) >= 11 is 0. The molecule has 2 aromatic rings. The molecule has 0 aliphatic heterocycles. The predicted molar refractivity (Wildman–Crippen MR) is 99.1 cm³/mol. The van der Waals surface area contributed by atoms with Gasteiger partial charge in [-0.25, -0.2) is 4.79 Å². The molecule has 0 amide bonds. The van der Waals surface area contributed by atoms with Gasteiger partial charge in [0.2, 0.25) is 0 Å². The van der Waals surface area contributed by atoms with Crippen LogP contribution >= 0.6 is 0 Å². The SMILES string of the molecule is CCO[C@H](C(=O)OC)[C@H](O)c1c(C)cc(OCc2ccccc2)cc1C. The third-order valence-electron chi connectivity index (χ3n) is 4.18. The molecule has 2 aromatic carbocycles. The summed E-state index contributed by atoms with van der Waals surface area (Å²) < 4.78 is 16.0. The van der Waals surface area contributed by atoms with Gasteiger partial charge in [-0.2, -0.15) is 0 Å². The standard InChI is InChI=1S/C21H26O5/c1-5-25-20(21(23)24-4)19(22)18-14(2)11-17(12-15(18)3)26-13-16-9-7-6-8-10-16/h6-12,19-20,22H,5,13H2,1-4H3/t19-,20+/m1/s1. The topological polar surface area (TPSA) is 65.0 Å². The number of aryl methyl sites for hydroxylation is 2. The first-order valence-electron chi connectivity index (χ1n) is 8.63. The van der Waals surface area contributed by atoms with E-state index >= 15 is 0 Å². The van der Waals surface area contributed by atoms with Gasteiger partial charge in [0.05, 0.1) is 7.11 Å². The lowest BCUT2D eigenvalue weighted by molar-refractivity contribution is -0.162. The van der Waals surface area contributed by atoms with Crippen molar-refractivity contribution < 1.29 is 24.1 Å². The van der Waals surface area contributed by atoms with E-state index < -0.39 is 18.2 Å². The van der Waals surface area contributed by atoms with Crippen LogP contribution in [0.25, 0.3) is 0 Å². The normalized spacial score (nSPS) is 13.1. The van der Waals surface area contributed by atoms with E-state index in [1.807, 2.05) is 56.3 Å². The molecule has 0 aliphatic rings. The number of rotatable bonds is 8. The summed E-state index contributed by atoms with van der Waals surface area (Å²) in [6.07, 6.45) is -2.16. The molecule has 0 radical (unpaired) electrons. The lowest BCUT2D eigenvalue weighted by atomic mass is 9.94. The Hall–Kier alpha value is -2.37. The van der Waals surface area contributed by atoms with Crippen LogP contribution in [0.4, 0.5) is 0 Å². The highest BCUT2D eigenvalue weighted by Crippen LogP contribution is 2.30. The Balaban J connectivity index is 2.21. The monoisotopic (exact) mass is 358 g/mol. The van der Waals surface area contributed by atoms with Crippen molar-refractivity contribution in [3.63, 3.8) is 0 Å². The molecule has 2 rings (SSSR count). The van der Waals surface area contributed by atoms with Crippen molar-refractivity contribution in [1.82, 2.24) is 0 Å². The number of methoxy groups -OCH3 is 1. The van der Waals surface area contributed by atoms with Gasteiger partial charge >= 0.3 is 5.97 Å². The summed E-state index contributed by atoms with van der Waals surface area (Å²) in [5.74, 6) is 0.119. The van der Waals surface area contributed by atoms with E-state index in [0.29, 0.717) is 24.5 Å². The Morgan fingerprint density at radius 2 is 1.73 bits per heavy atom. The van der Waals surface area contributed by atoms with Gasteiger partial charge in [0.1, 0.15) is 18.5 Å². The maximum atomic E-state index is 11.9. The van der Waals surface area contributed by atoms with Gasteiger partial charge in [-0.1, -0.05) is 30.3 Å². The smallest absolute Gasteiger partial charge is 0.338 e. The van der Waals surface area contributed by atoms with Gasteiger partial charge in [-0.05, 0) is 55.2 Å². The largest absolute Gasteiger partial charge is 0.489 e. The summed E-state index contributed by atoms with van der Waals surface area (Å²) in [5.41, 5.74) is 3.39. The average molecular weight is 358 g/mol. The Labute approximate surface area is 154 Å². The second-order valence-electron chi connectivity index (χ2n) is 6.09. The molecule has 26 heavy (non-hydrogen) atoms. The first kappa shape index (κ1) is 19.9. The van der Waals surface area contributed by atoms with Gasteiger partial charge in [0.25, 0.3) is 0 Å². The highest BCUT2D eigenvalue weighted by molar-refractivity contribution is 5.76. The summed E-state index contributed by atoms with van der Waals surface area (Å²) in [6.45, 7) is 6.28. The molecule has 5 heteroatoms. The van der Waals surface area contributed by atoms with Crippen LogP contribution in [0.3, 0.4) is 0 Å². The van der Waals surface area contributed by atoms with E-state index in [0.717, 1.165) is 16.7 Å². The van der Waals surface area contributed by atoms with Gasteiger partial charge in [0.15, 0.2) is 6.10 Å². The van der Waals surface area contributed by atoms with Crippen molar-refractivity contribution in [2.24, 2.45) is 0 Å². The highest BCUT2D eigenvalue weighted by Gasteiger charge is 2.31. The Bertz CT molecular complexity index is 703. The van der Waals surface area contributed by atoms with Crippen LogP contribution in [0.15, 0.2) is 42.5 Å². The fourth-order valence-corrected chi connectivity index (χ4v) is 2.96. The zero-order valence-electron chi connectivity index (χ0n) is 15.7. The van der Waals surface area contributed by atoms with E-state index in [1.165, 1.54) is 7.11 Å².